The van der Waals surface area contributed by atoms with Crippen LogP contribution in [0.5, 0.6) is 0 Å². The highest BCUT2D eigenvalue weighted by atomic mass is 31.2. The maximum Gasteiger partial charge on any atom is 0.326 e. The van der Waals surface area contributed by atoms with E-state index in [0.29, 0.717) is 0 Å². The molecular formula is C27H30N2O5P+. The lowest BCUT2D eigenvalue weighted by molar-refractivity contribution is -0.142. The Kier molecular flexibility index (Phi) is 8.88. The summed E-state index contributed by atoms with van der Waals surface area (Å²) in [5, 5.41) is 20.0. The fraction of sp³-hybridized carbons (Fsp3) is 0.222. The molecule has 0 radical (unpaired) electrons. The molecule has 35 heavy (non-hydrogen) atoms. The highest BCUT2D eigenvalue weighted by Crippen LogP contribution is 2.52. The summed E-state index contributed by atoms with van der Waals surface area (Å²) in [6.45, 7) is 1.30. The average molecular weight is 494 g/mol. The van der Waals surface area contributed by atoms with Crippen LogP contribution >= 0.6 is 7.72 Å². The number of hydrogen-bond donors (Lipinski definition) is 5. The molecule has 0 bridgehead atoms. The van der Waals surface area contributed by atoms with Gasteiger partial charge in [-0.05, 0) is 28.7 Å². The lowest BCUT2D eigenvalue weighted by atomic mass is 9.97. The summed E-state index contributed by atoms with van der Waals surface area (Å²) in [5.74, 6) is -2.68. The molecule has 0 aliphatic carbocycles. The summed E-state index contributed by atoms with van der Waals surface area (Å²) in [5.41, 5.74) is 3.32. The Morgan fingerprint density at radius 2 is 1.34 bits per heavy atom. The molecule has 7 nitrogen and oxygen atoms in total. The Labute approximate surface area is 205 Å². The number of benzene rings is 3. The van der Waals surface area contributed by atoms with Crippen LogP contribution in [0.15, 0.2) is 84.9 Å². The van der Waals surface area contributed by atoms with Crippen molar-refractivity contribution in [3.05, 3.63) is 96.1 Å². The van der Waals surface area contributed by atoms with Crippen LogP contribution in [0.2, 0.25) is 0 Å². The largest absolute Gasteiger partial charge is 0.480 e. The van der Waals surface area contributed by atoms with Crippen molar-refractivity contribution in [2.24, 2.45) is 5.92 Å². The molecule has 0 spiro atoms. The van der Waals surface area contributed by atoms with Crippen molar-refractivity contribution in [2.75, 3.05) is 6.16 Å². The second-order valence-corrected chi connectivity index (χ2v) is 11.0. The monoisotopic (exact) mass is 493 g/mol. The fourth-order valence-corrected chi connectivity index (χ4v) is 4.96. The summed E-state index contributed by atoms with van der Waals surface area (Å²) in [7, 11) is -3.78. The zero-order chi connectivity index (χ0) is 25.4. The molecule has 1 unspecified atom stereocenters. The van der Waals surface area contributed by atoms with E-state index >= 15 is 0 Å². The first-order valence-electron chi connectivity index (χ1n) is 11.3. The van der Waals surface area contributed by atoms with Crippen LogP contribution in [-0.4, -0.2) is 44.4 Å². The van der Waals surface area contributed by atoms with Gasteiger partial charge in [0.1, 0.15) is 12.2 Å². The molecule has 0 aliphatic rings. The van der Waals surface area contributed by atoms with Crippen molar-refractivity contribution in [3.8, 4) is 11.1 Å². The molecule has 0 aromatic heterocycles. The molecule has 0 aliphatic heterocycles. The smallest absolute Gasteiger partial charge is 0.326 e. The van der Waals surface area contributed by atoms with Crippen LogP contribution < -0.4 is 5.32 Å². The van der Waals surface area contributed by atoms with Gasteiger partial charge in [-0.2, -0.15) is 0 Å². The number of nitrogens with one attached hydrogen (secondary N) is 2. The summed E-state index contributed by atoms with van der Waals surface area (Å²) >= 11 is 0. The SMILES string of the molecule is CC(=N)[P+](O)(O)CC(Cc1ccc(-c2ccccc2)cc1)C(=O)N[C@@H](Cc1ccccc1)C(=O)O. The molecular weight excluding hydrogens is 463 g/mol. The second-order valence-electron chi connectivity index (χ2n) is 8.55. The number of carboxylic acid groups (broad SMARTS) is 1. The standard InChI is InChI=1S/C27H29N2O5P/c1-19(28)35(33,34)18-24(16-21-12-14-23(15-13-21)22-10-6-3-7-11-22)26(30)29-25(27(31)32)17-20-8-4-2-5-9-20/h2-15,24-25,28,33-34H,16-18H2,1H3,(H-,29,30,31,32)/p+1/t24?,25-/m0/s1. The second kappa shape index (κ2) is 11.8. The Morgan fingerprint density at radius 1 is 0.829 bits per heavy atom. The third kappa shape index (κ3) is 7.55. The van der Waals surface area contributed by atoms with Crippen molar-refractivity contribution in [2.45, 2.75) is 25.8 Å². The van der Waals surface area contributed by atoms with E-state index in [2.05, 4.69) is 5.32 Å². The van der Waals surface area contributed by atoms with E-state index in [0.717, 1.165) is 22.3 Å². The Balaban J connectivity index is 1.79. The zero-order valence-corrected chi connectivity index (χ0v) is 20.4. The normalized spacial score (nSPS) is 13.0. The Hall–Kier alpha value is -3.38. The molecule has 0 fully saturated rings. The van der Waals surface area contributed by atoms with E-state index in [1.165, 1.54) is 6.92 Å². The number of carboxylic acids is 1. The van der Waals surface area contributed by atoms with Crippen molar-refractivity contribution < 1.29 is 24.5 Å². The maximum atomic E-state index is 13.2. The van der Waals surface area contributed by atoms with Crippen LogP contribution in [-0.2, 0) is 22.4 Å². The third-order valence-corrected chi connectivity index (χ3v) is 7.85. The average Bonchev–Trinajstić information content (AvgIpc) is 2.84. The maximum absolute atomic E-state index is 13.2. The summed E-state index contributed by atoms with van der Waals surface area (Å²) in [6.07, 6.45) is -0.0520. The lowest BCUT2D eigenvalue weighted by Crippen LogP contribution is -2.46. The van der Waals surface area contributed by atoms with Gasteiger partial charge in [0.2, 0.25) is 11.4 Å². The molecule has 8 heteroatoms. The molecule has 0 heterocycles. The van der Waals surface area contributed by atoms with Gasteiger partial charge in [-0.25, -0.2) is 14.6 Å². The number of hydrogen-bond acceptors (Lipinski definition) is 5. The number of rotatable bonds is 11. The van der Waals surface area contributed by atoms with Gasteiger partial charge in [0, 0.05) is 13.3 Å². The predicted molar refractivity (Wildman–Crippen MR) is 138 cm³/mol. The van der Waals surface area contributed by atoms with Gasteiger partial charge in [0.15, 0.2) is 0 Å². The van der Waals surface area contributed by atoms with E-state index in [1.807, 2.05) is 60.7 Å². The first-order chi connectivity index (χ1) is 16.7. The third-order valence-electron chi connectivity index (χ3n) is 5.82. The van der Waals surface area contributed by atoms with Crippen molar-refractivity contribution >= 4 is 25.0 Å². The minimum atomic E-state index is -3.78. The van der Waals surface area contributed by atoms with Gasteiger partial charge < -0.3 is 10.4 Å². The summed E-state index contributed by atoms with van der Waals surface area (Å²) in [6, 6.07) is 25.2. The predicted octanol–water partition coefficient (Wildman–Crippen LogP) is 4.15. The molecule has 3 aromatic rings. The molecule has 182 valence electrons. The molecule has 5 N–H and O–H groups in total. The van der Waals surface area contributed by atoms with E-state index < -0.39 is 31.6 Å². The van der Waals surface area contributed by atoms with E-state index in [1.54, 1.807) is 24.3 Å². The van der Waals surface area contributed by atoms with Gasteiger partial charge in [0.05, 0.1) is 5.92 Å². The number of carbonyl (C=O) groups is 2. The van der Waals surface area contributed by atoms with Crippen LogP contribution in [0.1, 0.15) is 18.1 Å². The van der Waals surface area contributed by atoms with Crippen LogP contribution in [0, 0.1) is 11.3 Å². The number of amides is 1. The van der Waals surface area contributed by atoms with Gasteiger partial charge in [-0.3, -0.25) is 10.2 Å². The van der Waals surface area contributed by atoms with Gasteiger partial charge >= 0.3 is 13.7 Å². The fourth-order valence-electron chi connectivity index (χ4n) is 3.77. The molecule has 1 amide bonds. The topological polar surface area (TPSA) is 131 Å². The Bertz CT molecular complexity index is 1150. The minimum absolute atomic E-state index is 0.0997. The van der Waals surface area contributed by atoms with Gasteiger partial charge in [-0.1, -0.05) is 84.9 Å². The highest BCUT2D eigenvalue weighted by Gasteiger charge is 2.43. The first kappa shape index (κ1) is 26.2. The van der Waals surface area contributed by atoms with E-state index in [4.69, 9.17) is 5.41 Å². The number of carbonyl (C=O) groups excluding carboxylic acids is 1. The molecule has 0 saturated heterocycles. The molecule has 0 saturated carbocycles. The molecule has 2 atom stereocenters. The van der Waals surface area contributed by atoms with Crippen molar-refractivity contribution in [3.63, 3.8) is 0 Å². The van der Waals surface area contributed by atoms with Crippen LogP contribution in [0.3, 0.4) is 0 Å². The van der Waals surface area contributed by atoms with Gasteiger partial charge in [-0.15, -0.1) is 0 Å². The molecule has 3 aromatic carbocycles. The molecule has 3 rings (SSSR count). The first-order valence-corrected chi connectivity index (χ1v) is 13.1. The zero-order valence-electron chi connectivity index (χ0n) is 19.5. The van der Waals surface area contributed by atoms with Crippen molar-refractivity contribution in [1.82, 2.24) is 5.32 Å². The van der Waals surface area contributed by atoms with Crippen LogP contribution in [0.25, 0.3) is 11.1 Å². The summed E-state index contributed by atoms with van der Waals surface area (Å²) in [4.78, 5) is 45.8. The minimum Gasteiger partial charge on any atom is -0.480 e. The van der Waals surface area contributed by atoms with E-state index in [9.17, 15) is 24.5 Å². The Morgan fingerprint density at radius 3 is 1.89 bits per heavy atom. The van der Waals surface area contributed by atoms with Crippen LogP contribution in [0.4, 0.5) is 0 Å². The van der Waals surface area contributed by atoms with Crippen molar-refractivity contribution in [1.29, 1.82) is 5.41 Å². The van der Waals surface area contributed by atoms with Gasteiger partial charge in [0.25, 0.3) is 0 Å². The lowest BCUT2D eigenvalue weighted by Gasteiger charge is -2.22. The van der Waals surface area contributed by atoms with E-state index in [-0.39, 0.29) is 24.5 Å². The summed E-state index contributed by atoms with van der Waals surface area (Å²) < 4.78 is 0. The highest BCUT2D eigenvalue weighted by molar-refractivity contribution is 7.81. The quantitative estimate of drug-likeness (QED) is 0.202. The number of aliphatic carboxylic acids is 1.